The SMILES string of the molecule is COCCN1COc2ccc3c(c2C1)O/C(=C\c1ccc(OC)cc1)C3=O. The Bertz CT molecular complexity index is 888. The Labute approximate surface area is 157 Å². The number of nitrogens with zero attached hydrogens (tertiary/aromatic N) is 1. The van der Waals surface area contributed by atoms with E-state index in [1.807, 2.05) is 30.3 Å². The highest BCUT2D eigenvalue weighted by molar-refractivity contribution is 6.15. The van der Waals surface area contributed by atoms with Gasteiger partial charge in [0.25, 0.3) is 0 Å². The minimum absolute atomic E-state index is 0.113. The van der Waals surface area contributed by atoms with Crippen LogP contribution in [0.5, 0.6) is 17.2 Å². The van der Waals surface area contributed by atoms with Gasteiger partial charge in [0.15, 0.2) is 5.76 Å². The van der Waals surface area contributed by atoms with E-state index in [2.05, 4.69) is 4.90 Å². The van der Waals surface area contributed by atoms with Gasteiger partial charge in [-0.15, -0.1) is 0 Å². The third-order valence-corrected chi connectivity index (χ3v) is 4.71. The van der Waals surface area contributed by atoms with Crippen molar-refractivity contribution in [3.8, 4) is 17.2 Å². The number of rotatable bonds is 5. The Morgan fingerprint density at radius 1 is 1.15 bits per heavy atom. The number of carbonyl (C=O) groups is 1. The number of ether oxygens (including phenoxy) is 4. The summed E-state index contributed by atoms with van der Waals surface area (Å²) in [5.41, 5.74) is 2.35. The van der Waals surface area contributed by atoms with Crippen molar-refractivity contribution in [2.45, 2.75) is 6.54 Å². The molecule has 0 radical (unpaired) electrons. The van der Waals surface area contributed by atoms with Gasteiger partial charge in [0, 0.05) is 20.2 Å². The smallest absolute Gasteiger partial charge is 0.231 e. The molecule has 2 aliphatic heterocycles. The molecule has 2 aromatic rings. The Morgan fingerprint density at radius 3 is 2.70 bits per heavy atom. The first kappa shape index (κ1) is 17.6. The number of hydrogen-bond acceptors (Lipinski definition) is 6. The first-order valence-corrected chi connectivity index (χ1v) is 8.78. The van der Waals surface area contributed by atoms with Crippen molar-refractivity contribution in [1.29, 1.82) is 0 Å². The number of carbonyl (C=O) groups excluding carboxylic acids is 1. The van der Waals surface area contributed by atoms with Crippen molar-refractivity contribution in [2.75, 3.05) is 34.1 Å². The first-order valence-electron chi connectivity index (χ1n) is 8.78. The molecule has 2 aromatic carbocycles. The van der Waals surface area contributed by atoms with Crippen molar-refractivity contribution < 1.29 is 23.7 Å². The molecule has 6 heteroatoms. The number of ketones is 1. The fourth-order valence-corrected chi connectivity index (χ4v) is 3.22. The summed E-state index contributed by atoms with van der Waals surface area (Å²) in [7, 11) is 3.29. The van der Waals surface area contributed by atoms with E-state index in [0.717, 1.165) is 29.2 Å². The van der Waals surface area contributed by atoms with Gasteiger partial charge >= 0.3 is 0 Å². The first-order chi connectivity index (χ1) is 13.2. The maximum atomic E-state index is 12.8. The largest absolute Gasteiger partial charge is 0.497 e. The lowest BCUT2D eigenvalue weighted by Crippen LogP contribution is -2.34. The molecule has 0 unspecified atom stereocenters. The molecule has 2 aliphatic rings. The van der Waals surface area contributed by atoms with Crippen molar-refractivity contribution in [3.63, 3.8) is 0 Å². The number of Topliss-reactive ketones (excluding diaryl/α,β-unsaturated/α-hetero) is 1. The fraction of sp³-hybridized carbons (Fsp3) is 0.286. The van der Waals surface area contributed by atoms with Gasteiger partial charge in [0.2, 0.25) is 5.78 Å². The second-order valence-corrected chi connectivity index (χ2v) is 6.45. The minimum atomic E-state index is -0.113. The predicted molar refractivity (Wildman–Crippen MR) is 100 cm³/mol. The van der Waals surface area contributed by atoms with Crippen molar-refractivity contribution in [3.05, 3.63) is 58.8 Å². The zero-order chi connectivity index (χ0) is 18.8. The zero-order valence-electron chi connectivity index (χ0n) is 15.4. The van der Waals surface area contributed by atoms with E-state index in [4.69, 9.17) is 18.9 Å². The fourth-order valence-electron chi connectivity index (χ4n) is 3.22. The van der Waals surface area contributed by atoms with Crippen LogP contribution in [0.2, 0.25) is 0 Å². The second kappa shape index (κ2) is 7.42. The third-order valence-electron chi connectivity index (χ3n) is 4.71. The molecule has 6 nitrogen and oxygen atoms in total. The highest BCUT2D eigenvalue weighted by Crippen LogP contribution is 2.42. The maximum Gasteiger partial charge on any atom is 0.231 e. The number of fused-ring (bicyclic) bond motifs is 3. The van der Waals surface area contributed by atoms with Gasteiger partial charge in [0.1, 0.15) is 24.0 Å². The summed E-state index contributed by atoms with van der Waals surface area (Å²) in [6.07, 6.45) is 1.75. The molecule has 0 fully saturated rings. The van der Waals surface area contributed by atoms with Crippen molar-refractivity contribution >= 4 is 11.9 Å². The van der Waals surface area contributed by atoms with Gasteiger partial charge < -0.3 is 18.9 Å². The second-order valence-electron chi connectivity index (χ2n) is 6.45. The molecule has 0 saturated carbocycles. The summed E-state index contributed by atoms with van der Waals surface area (Å²) in [4.78, 5) is 14.9. The molecule has 4 rings (SSSR count). The standard InChI is InChI=1S/C21H21NO5/c1-24-10-9-22-12-17-18(26-13-22)8-7-16-20(23)19(27-21(16)17)11-14-3-5-15(25-2)6-4-14/h3-8,11H,9-10,12-13H2,1-2H3/b19-11-. The Kier molecular flexibility index (Phi) is 4.83. The number of methoxy groups -OCH3 is 2. The number of benzene rings is 2. The van der Waals surface area contributed by atoms with Gasteiger partial charge in [-0.2, -0.15) is 0 Å². The van der Waals surface area contributed by atoms with Crippen LogP contribution in [0.25, 0.3) is 6.08 Å². The molecule has 0 spiro atoms. The van der Waals surface area contributed by atoms with Gasteiger partial charge in [-0.25, -0.2) is 0 Å². The number of allylic oxidation sites excluding steroid dienone is 1. The highest BCUT2D eigenvalue weighted by Gasteiger charge is 2.33. The summed E-state index contributed by atoms with van der Waals surface area (Å²) in [5.74, 6) is 2.33. The summed E-state index contributed by atoms with van der Waals surface area (Å²) in [6.45, 7) is 2.53. The van der Waals surface area contributed by atoms with Crippen LogP contribution in [0.1, 0.15) is 21.5 Å². The molecular weight excluding hydrogens is 346 g/mol. The monoisotopic (exact) mass is 367 g/mol. The van der Waals surface area contributed by atoms with Gasteiger partial charge in [-0.05, 0) is 35.9 Å². The quantitative estimate of drug-likeness (QED) is 0.757. The van der Waals surface area contributed by atoms with Crippen LogP contribution >= 0.6 is 0 Å². The molecule has 0 aliphatic carbocycles. The van der Waals surface area contributed by atoms with E-state index in [-0.39, 0.29) is 5.78 Å². The molecule has 0 bridgehead atoms. The highest BCUT2D eigenvalue weighted by atomic mass is 16.5. The van der Waals surface area contributed by atoms with Crippen LogP contribution in [0, 0.1) is 0 Å². The van der Waals surface area contributed by atoms with E-state index >= 15 is 0 Å². The molecule has 0 amide bonds. The topological polar surface area (TPSA) is 57.2 Å². The van der Waals surface area contributed by atoms with Crippen LogP contribution in [-0.4, -0.2) is 44.8 Å². The maximum absolute atomic E-state index is 12.8. The van der Waals surface area contributed by atoms with Crippen LogP contribution in [0.15, 0.2) is 42.2 Å². The van der Waals surface area contributed by atoms with Crippen LogP contribution < -0.4 is 14.2 Å². The Morgan fingerprint density at radius 2 is 1.96 bits per heavy atom. The summed E-state index contributed by atoms with van der Waals surface area (Å²) in [5, 5.41) is 0. The van der Waals surface area contributed by atoms with Crippen molar-refractivity contribution in [1.82, 2.24) is 4.90 Å². The van der Waals surface area contributed by atoms with E-state index < -0.39 is 0 Å². The molecule has 140 valence electrons. The van der Waals surface area contributed by atoms with E-state index in [9.17, 15) is 4.79 Å². The van der Waals surface area contributed by atoms with E-state index in [1.165, 1.54) is 0 Å². The van der Waals surface area contributed by atoms with Crippen LogP contribution in [0.4, 0.5) is 0 Å². The summed E-state index contributed by atoms with van der Waals surface area (Å²) in [6, 6.07) is 11.1. The van der Waals surface area contributed by atoms with Crippen LogP contribution in [0.3, 0.4) is 0 Å². The average Bonchev–Trinajstić information content (AvgIpc) is 3.03. The lowest BCUT2D eigenvalue weighted by molar-refractivity contribution is 0.0646. The molecule has 2 heterocycles. The van der Waals surface area contributed by atoms with Gasteiger partial charge in [-0.3, -0.25) is 9.69 Å². The molecular formula is C21H21NO5. The van der Waals surface area contributed by atoms with Gasteiger partial charge in [-0.1, -0.05) is 12.1 Å². The van der Waals surface area contributed by atoms with Gasteiger partial charge in [0.05, 0.1) is 24.8 Å². The zero-order valence-corrected chi connectivity index (χ0v) is 15.4. The Balaban J connectivity index is 1.61. The summed E-state index contributed by atoms with van der Waals surface area (Å²) >= 11 is 0. The average molecular weight is 367 g/mol. The molecule has 0 atom stereocenters. The van der Waals surface area contributed by atoms with E-state index in [1.54, 1.807) is 26.4 Å². The molecule has 0 aromatic heterocycles. The normalized spacial score (nSPS) is 17.3. The molecule has 0 N–H and O–H groups in total. The minimum Gasteiger partial charge on any atom is -0.497 e. The predicted octanol–water partition coefficient (Wildman–Crippen LogP) is 3.11. The van der Waals surface area contributed by atoms with E-state index in [0.29, 0.717) is 37.0 Å². The third kappa shape index (κ3) is 3.41. The lowest BCUT2D eigenvalue weighted by Gasteiger charge is -2.29. The number of hydrogen-bond donors (Lipinski definition) is 0. The molecule has 0 saturated heterocycles. The summed E-state index contributed by atoms with van der Waals surface area (Å²) < 4.78 is 22.1. The van der Waals surface area contributed by atoms with Crippen LogP contribution in [-0.2, 0) is 11.3 Å². The van der Waals surface area contributed by atoms with Crippen molar-refractivity contribution in [2.24, 2.45) is 0 Å². The lowest BCUT2D eigenvalue weighted by atomic mass is 10.0. The molecule has 27 heavy (non-hydrogen) atoms. The Hall–Kier alpha value is -2.83.